The Kier molecular flexibility index (Phi) is 4.73. The van der Waals surface area contributed by atoms with E-state index in [4.69, 9.17) is 5.11 Å². The van der Waals surface area contributed by atoms with Crippen molar-refractivity contribution >= 4 is 28.6 Å². The van der Waals surface area contributed by atoms with Crippen LogP contribution in [0.25, 0.3) is 11.0 Å². The van der Waals surface area contributed by atoms with E-state index in [0.717, 1.165) is 12.1 Å². The lowest BCUT2D eigenvalue weighted by molar-refractivity contribution is -0.384. The number of aromatic amines is 2. The number of carboxylic acids is 1. The number of nitrogens with one attached hydrogen (secondary N) is 3. The Morgan fingerprint density at radius 2 is 1.71 bits per heavy atom. The zero-order chi connectivity index (χ0) is 20.4. The first-order valence-electron chi connectivity index (χ1n) is 7.82. The van der Waals surface area contributed by atoms with Gasteiger partial charge in [0.05, 0.1) is 27.1 Å². The summed E-state index contributed by atoms with van der Waals surface area (Å²) in [5.41, 5.74) is -2.28. The molecule has 0 unspecified atom stereocenters. The smallest absolute Gasteiger partial charge is 0.336 e. The number of carboxylic acid groups (broad SMARTS) is 1. The van der Waals surface area contributed by atoms with Crippen molar-refractivity contribution in [1.29, 1.82) is 0 Å². The fraction of sp³-hybridized carbons (Fsp3) is 0.0588. The molecule has 0 saturated carbocycles. The lowest BCUT2D eigenvalue weighted by Crippen LogP contribution is -2.30. The van der Waals surface area contributed by atoms with E-state index < -0.39 is 27.9 Å². The third kappa shape index (κ3) is 3.49. The molecule has 0 saturated heterocycles. The second-order valence-corrected chi connectivity index (χ2v) is 5.73. The van der Waals surface area contributed by atoms with E-state index in [9.17, 15) is 29.3 Å². The number of H-pyrrole nitrogens is 2. The van der Waals surface area contributed by atoms with E-state index in [2.05, 4.69) is 15.3 Å². The van der Waals surface area contributed by atoms with Crippen molar-refractivity contribution in [3.05, 3.63) is 83.9 Å². The number of carbonyl (C=O) groups is 2. The number of hydrogen-bond donors (Lipinski definition) is 4. The average Bonchev–Trinajstić information content (AvgIpc) is 2.66. The molecule has 0 fully saturated rings. The van der Waals surface area contributed by atoms with Crippen LogP contribution < -0.4 is 16.4 Å². The topological polar surface area (TPSA) is 175 Å². The number of hydrogen-bond acceptors (Lipinski definition) is 6. The Hall–Kier alpha value is -4.28. The predicted octanol–water partition coefficient (Wildman–Crippen LogP) is 0.753. The van der Waals surface area contributed by atoms with Gasteiger partial charge in [-0.15, -0.1) is 0 Å². The molecular weight excluding hydrogens is 372 g/mol. The minimum absolute atomic E-state index is 0.0222. The highest BCUT2D eigenvalue weighted by atomic mass is 16.6. The average molecular weight is 384 g/mol. The van der Waals surface area contributed by atoms with Crippen LogP contribution in [0, 0.1) is 10.1 Å². The van der Waals surface area contributed by atoms with E-state index >= 15 is 0 Å². The maximum Gasteiger partial charge on any atom is 0.336 e. The van der Waals surface area contributed by atoms with Crippen molar-refractivity contribution in [3.8, 4) is 0 Å². The second-order valence-electron chi connectivity index (χ2n) is 5.73. The number of non-ortho nitro benzene ring substituents is 1. The van der Waals surface area contributed by atoms with Crippen molar-refractivity contribution in [2.24, 2.45) is 0 Å². The number of rotatable bonds is 5. The molecule has 11 heteroatoms. The lowest BCUT2D eigenvalue weighted by Gasteiger charge is -2.10. The van der Waals surface area contributed by atoms with Gasteiger partial charge in [0.15, 0.2) is 0 Å². The minimum Gasteiger partial charge on any atom is -0.478 e. The molecule has 1 heterocycles. The standard InChI is InChI=1S/C17H12N4O7/c22-14(10-3-1-2-4-11(10)17(25)26)18-7-8-5-9(21(27)28)6-12-13(8)20-16(24)15(23)19-12/h1-6H,7H2,(H,18,22)(H,19,23)(H,20,24)(H,25,26). The predicted molar refractivity (Wildman–Crippen MR) is 96.4 cm³/mol. The Morgan fingerprint density at radius 1 is 1.07 bits per heavy atom. The van der Waals surface area contributed by atoms with Crippen LogP contribution in [-0.4, -0.2) is 31.9 Å². The largest absolute Gasteiger partial charge is 0.478 e. The summed E-state index contributed by atoms with van der Waals surface area (Å²) in [5, 5.41) is 22.7. The molecular formula is C17H12N4O7. The molecule has 3 aromatic rings. The summed E-state index contributed by atoms with van der Waals surface area (Å²) < 4.78 is 0. The number of nitro groups is 1. The Labute approximate surface area is 154 Å². The van der Waals surface area contributed by atoms with Crippen LogP contribution in [-0.2, 0) is 6.54 Å². The molecule has 11 nitrogen and oxygen atoms in total. The van der Waals surface area contributed by atoms with Gasteiger partial charge in [0.25, 0.3) is 11.6 Å². The Morgan fingerprint density at radius 3 is 2.36 bits per heavy atom. The molecule has 0 aliphatic carbocycles. The SMILES string of the molecule is O=C(O)c1ccccc1C(=O)NCc1cc([N+](=O)[O-])cc2[nH]c(=O)c(=O)[nH]c12. The van der Waals surface area contributed by atoms with E-state index in [-0.39, 0.29) is 40.0 Å². The summed E-state index contributed by atoms with van der Waals surface area (Å²) >= 11 is 0. The van der Waals surface area contributed by atoms with Crippen LogP contribution in [0.5, 0.6) is 0 Å². The Bertz CT molecular complexity index is 1240. The molecule has 0 aliphatic heterocycles. The molecule has 3 rings (SSSR count). The number of fused-ring (bicyclic) bond motifs is 1. The van der Waals surface area contributed by atoms with Gasteiger partial charge in [-0.25, -0.2) is 4.79 Å². The number of amides is 1. The summed E-state index contributed by atoms with van der Waals surface area (Å²) in [6.07, 6.45) is 0. The van der Waals surface area contributed by atoms with Gasteiger partial charge in [-0.2, -0.15) is 0 Å². The molecule has 0 spiro atoms. The van der Waals surface area contributed by atoms with E-state index in [1.165, 1.54) is 24.3 Å². The van der Waals surface area contributed by atoms with Gasteiger partial charge in [-0.3, -0.25) is 24.5 Å². The molecule has 0 bridgehead atoms. The number of carbonyl (C=O) groups excluding carboxylic acids is 1. The van der Waals surface area contributed by atoms with E-state index in [1.807, 2.05) is 0 Å². The minimum atomic E-state index is -1.28. The van der Waals surface area contributed by atoms with Crippen molar-refractivity contribution < 1.29 is 19.6 Å². The second kappa shape index (κ2) is 7.15. The molecule has 2 aromatic carbocycles. The number of aromatic nitrogens is 2. The van der Waals surface area contributed by atoms with Crippen LogP contribution in [0.15, 0.2) is 46.0 Å². The number of benzene rings is 2. The molecule has 1 amide bonds. The van der Waals surface area contributed by atoms with Crippen molar-refractivity contribution in [2.45, 2.75) is 6.54 Å². The van der Waals surface area contributed by atoms with E-state index in [0.29, 0.717) is 0 Å². The summed E-state index contributed by atoms with van der Waals surface area (Å²) in [6, 6.07) is 7.77. The fourth-order valence-electron chi connectivity index (χ4n) is 2.66. The zero-order valence-electron chi connectivity index (χ0n) is 14.0. The van der Waals surface area contributed by atoms with Gasteiger partial charge in [0.1, 0.15) is 0 Å². The quantitative estimate of drug-likeness (QED) is 0.285. The molecule has 0 atom stereocenters. The van der Waals surface area contributed by atoms with Crippen LogP contribution in [0.1, 0.15) is 26.3 Å². The van der Waals surface area contributed by atoms with Crippen LogP contribution in [0.4, 0.5) is 5.69 Å². The highest BCUT2D eigenvalue weighted by molar-refractivity contribution is 6.04. The first-order valence-corrected chi connectivity index (χ1v) is 7.82. The van der Waals surface area contributed by atoms with Crippen LogP contribution in [0.2, 0.25) is 0 Å². The fourth-order valence-corrected chi connectivity index (χ4v) is 2.66. The van der Waals surface area contributed by atoms with Gasteiger partial charge >= 0.3 is 17.1 Å². The first kappa shape index (κ1) is 18.5. The Balaban J connectivity index is 2.00. The lowest BCUT2D eigenvalue weighted by atomic mass is 10.1. The third-order valence-corrected chi connectivity index (χ3v) is 3.95. The van der Waals surface area contributed by atoms with Gasteiger partial charge in [-0.05, 0) is 12.1 Å². The van der Waals surface area contributed by atoms with Gasteiger partial charge in [0, 0.05) is 24.2 Å². The number of aromatic carboxylic acids is 1. The summed E-state index contributed by atoms with van der Waals surface area (Å²) in [5.74, 6) is -2.00. The first-order chi connectivity index (χ1) is 13.3. The van der Waals surface area contributed by atoms with E-state index in [1.54, 1.807) is 0 Å². The van der Waals surface area contributed by atoms with Crippen LogP contribution >= 0.6 is 0 Å². The highest BCUT2D eigenvalue weighted by Gasteiger charge is 2.18. The van der Waals surface area contributed by atoms with Crippen molar-refractivity contribution in [3.63, 3.8) is 0 Å². The normalized spacial score (nSPS) is 10.6. The summed E-state index contributed by atoms with van der Waals surface area (Å²) in [6.45, 7) is -0.257. The molecule has 28 heavy (non-hydrogen) atoms. The summed E-state index contributed by atoms with van der Waals surface area (Å²) in [4.78, 5) is 61.7. The van der Waals surface area contributed by atoms with Gasteiger partial charge in [-0.1, -0.05) is 12.1 Å². The van der Waals surface area contributed by atoms with Crippen LogP contribution in [0.3, 0.4) is 0 Å². The molecule has 142 valence electrons. The van der Waals surface area contributed by atoms with Crippen molar-refractivity contribution in [2.75, 3.05) is 0 Å². The maximum atomic E-state index is 12.4. The monoisotopic (exact) mass is 384 g/mol. The molecule has 4 N–H and O–H groups in total. The molecule has 1 aromatic heterocycles. The number of nitro benzene ring substituents is 1. The third-order valence-electron chi connectivity index (χ3n) is 3.95. The van der Waals surface area contributed by atoms with Gasteiger partial charge in [0.2, 0.25) is 0 Å². The zero-order valence-corrected chi connectivity index (χ0v) is 14.0. The number of nitrogens with zero attached hydrogens (tertiary/aromatic N) is 1. The van der Waals surface area contributed by atoms with Gasteiger partial charge < -0.3 is 20.4 Å². The maximum absolute atomic E-state index is 12.4. The van der Waals surface area contributed by atoms with Crippen molar-refractivity contribution in [1.82, 2.24) is 15.3 Å². The molecule has 0 aliphatic rings. The highest BCUT2D eigenvalue weighted by Crippen LogP contribution is 2.21. The molecule has 0 radical (unpaired) electrons. The summed E-state index contributed by atoms with van der Waals surface area (Å²) in [7, 11) is 0.